The zero-order chi connectivity index (χ0) is 15.4. The number of hydrogen-bond donors (Lipinski definition) is 1. The number of carbonyl (C=O) groups excluding carboxylic acids is 1. The summed E-state index contributed by atoms with van der Waals surface area (Å²) in [5.74, 6) is 0.0372. The molecule has 1 aromatic heterocycles. The number of pyridine rings is 1. The zero-order valence-corrected chi connectivity index (χ0v) is 12.2. The molecular formula is C16H17NO4. The fourth-order valence-corrected chi connectivity index (χ4v) is 1.92. The molecule has 1 aromatic carbocycles. The van der Waals surface area contributed by atoms with Crippen molar-refractivity contribution in [2.24, 2.45) is 0 Å². The molecule has 2 aromatic rings. The highest BCUT2D eigenvalue weighted by molar-refractivity contribution is 5.89. The van der Waals surface area contributed by atoms with E-state index in [0.717, 1.165) is 5.56 Å². The van der Waals surface area contributed by atoms with Crippen molar-refractivity contribution in [2.45, 2.75) is 20.0 Å². The van der Waals surface area contributed by atoms with Crippen molar-refractivity contribution in [1.29, 1.82) is 0 Å². The molecule has 0 radical (unpaired) electrons. The minimum atomic E-state index is -0.647. The summed E-state index contributed by atoms with van der Waals surface area (Å²) in [5, 5.41) is 0. The average Bonchev–Trinajstić information content (AvgIpc) is 2.47. The maximum absolute atomic E-state index is 12.0. The van der Waals surface area contributed by atoms with Gasteiger partial charge in [0.15, 0.2) is 0 Å². The van der Waals surface area contributed by atoms with Crippen LogP contribution in [0.5, 0.6) is 5.75 Å². The predicted molar refractivity (Wildman–Crippen MR) is 78.6 cm³/mol. The van der Waals surface area contributed by atoms with E-state index in [9.17, 15) is 9.59 Å². The molecular weight excluding hydrogens is 270 g/mol. The number of esters is 1. The Labute approximate surface area is 122 Å². The number of aromatic nitrogens is 1. The molecule has 1 N–H and O–H groups in total. The van der Waals surface area contributed by atoms with Crippen LogP contribution in [0.2, 0.25) is 0 Å². The Kier molecular flexibility index (Phi) is 4.42. The van der Waals surface area contributed by atoms with Crippen molar-refractivity contribution >= 4 is 5.97 Å². The third-order valence-corrected chi connectivity index (χ3v) is 3.12. The van der Waals surface area contributed by atoms with Crippen molar-refractivity contribution < 1.29 is 14.3 Å². The number of carbonyl (C=O) groups is 1. The standard InChI is InChI=1S/C16H17NO4/c1-10-7-8-14(15(18)17-10)16(19)21-11(2)12-5-4-6-13(9-12)20-3/h4-9,11H,1-3H3,(H,17,18). The summed E-state index contributed by atoms with van der Waals surface area (Å²) in [6.07, 6.45) is -0.478. The lowest BCUT2D eigenvalue weighted by Crippen LogP contribution is -2.21. The van der Waals surface area contributed by atoms with Gasteiger partial charge in [0.25, 0.3) is 5.56 Å². The summed E-state index contributed by atoms with van der Waals surface area (Å²) in [5.41, 5.74) is 1.04. The summed E-state index contributed by atoms with van der Waals surface area (Å²) in [7, 11) is 1.57. The molecule has 0 amide bonds. The monoisotopic (exact) mass is 287 g/mol. The largest absolute Gasteiger partial charge is 0.497 e. The number of H-pyrrole nitrogens is 1. The van der Waals surface area contributed by atoms with Gasteiger partial charge in [0.2, 0.25) is 0 Å². The Morgan fingerprint density at radius 1 is 1.24 bits per heavy atom. The topological polar surface area (TPSA) is 68.4 Å². The van der Waals surface area contributed by atoms with Crippen molar-refractivity contribution in [3.05, 3.63) is 63.6 Å². The van der Waals surface area contributed by atoms with E-state index >= 15 is 0 Å². The van der Waals surface area contributed by atoms with Crippen LogP contribution in [0, 0.1) is 6.92 Å². The maximum atomic E-state index is 12.0. The highest BCUT2D eigenvalue weighted by Crippen LogP contribution is 2.22. The zero-order valence-electron chi connectivity index (χ0n) is 12.2. The van der Waals surface area contributed by atoms with Crippen LogP contribution in [0.3, 0.4) is 0 Å². The first-order valence-electron chi connectivity index (χ1n) is 6.56. The molecule has 0 spiro atoms. The Bertz CT molecular complexity index is 705. The Balaban J connectivity index is 2.16. The van der Waals surface area contributed by atoms with Crippen molar-refractivity contribution in [3.63, 3.8) is 0 Å². The van der Waals surface area contributed by atoms with Gasteiger partial charge in [-0.2, -0.15) is 0 Å². The van der Waals surface area contributed by atoms with E-state index in [0.29, 0.717) is 11.4 Å². The lowest BCUT2D eigenvalue weighted by molar-refractivity contribution is 0.0335. The maximum Gasteiger partial charge on any atom is 0.344 e. The molecule has 1 unspecified atom stereocenters. The fraction of sp³-hybridized carbons (Fsp3) is 0.250. The number of hydrogen-bond acceptors (Lipinski definition) is 4. The van der Waals surface area contributed by atoms with Crippen LogP contribution in [-0.2, 0) is 4.74 Å². The van der Waals surface area contributed by atoms with E-state index in [2.05, 4.69) is 4.98 Å². The van der Waals surface area contributed by atoms with Gasteiger partial charge < -0.3 is 14.5 Å². The van der Waals surface area contributed by atoms with E-state index in [4.69, 9.17) is 9.47 Å². The number of methoxy groups -OCH3 is 1. The normalized spacial score (nSPS) is 11.8. The molecule has 5 heteroatoms. The van der Waals surface area contributed by atoms with Crippen LogP contribution in [-0.4, -0.2) is 18.1 Å². The summed E-state index contributed by atoms with van der Waals surface area (Å²) < 4.78 is 10.5. The van der Waals surface area contributed by atoms with Gasteiger partial charge in [-0.15, -0.1) is 0 Å². The molecule has 1 heterocycles. The third-order valence-electron chi connectivity index (χ3n) is 3.12. The highest BCUT2D eigenvalue weighted by Gasteiger charge is 2.17. The number of aromatic amines is 1. The summed E-state index contributed by atoms with van der Waals surface area (Å²) in [6.45, 7) is 3.49. The molecule has 0 aliphatic rings. The molecule has 1 atom stereocenters. The average molecular weight is 287 g/mol. The quantitative estimate of drug-likeness (QED) is 0.878. The van der Waals surface area contributed by atoms with E-state index < -0.39 is 17.6 Å². The van der Waals surface area contributed by atoms with Crippen molar-refractivity contribution in [1.82, 2.24) is 4.98 Å². The minimum Gasteiger partial charge on any atom is -0.497 e. The smallest absolute Gasteiger partial charge is 0.344 e. The van der Waals surface area contributed by atoms with Gasteiger partial charge in [0, 0.05) is 5.69 Å². The second-order valence-corrected chi connectivity index (χ2v) is 4.71. The molecule has 0 aliphatic carbocycles. The molecule has 0 aliphatic heterocycles. The number of rotatable bonds is 4. The predicted octanol–water partition coefficient (Wildman–Crippen LogP) is 2.61. The van der Waals surface area contributed by atoms with Gasteiger partial charge >= 0.3 is 5.97 Å². The van der Waals surface area contributed by atoms with E-state index in [-0.39, 0.29) is 5.56 Å². The van der Waals surface area contributed by atoms with E-state index in [1.165, 1.54) is 6.07 Å². The number of nitrogens with one attached hydrogen (secondary N) is 1. The van der Waals surface area contributed by atoms with Crippen LogP contribution in [0.1, 0.15) is 34.6 Å². The van der Waals surface area contributed by atoms with E-state index in [1.54, 1.807) is 33.1 Å². The molecule has 0 saturated heterocycles. The summed E-state index contributed by atoms with van der Waals surface area (Å²) in [4.78, 5) is 26.3. The summed E-state index contributed by atoms with van der Waals surface area (Å²) in [6, 6.07) is 10.4. The first-order valence-corrected chi connectivity index (χ1v) is 6.56. The molecule has 110 valence electrons. The van der Waals surface area contributed by atoms with Crippen LogP contribution in [0.25, 0.3) is 0 Å². The SMILES string of the molecule is COc1cccc(C(C)OC(=O)c2ccc(C)[nH]c2=O)c1. The van der Waals surface area contributed by atoms with Gasteiger partial charge in [-0.3, -0.25) is 4.79 Å². The van der Waals surface area contributed by atoms with Crippen molar-refractivity contribution in [3.8, 4) is 5.75 Å². The van der Waals surface area contributed by atoms with Gasteiger partial charge in [0.1, 0.15) is 17.4 Å². The van der Waals surface area contributed by atoms with E-state index in [1.807, 2.05) is 18.2 Å². The minimum absolute atomic E-state index is 0.00431. The number of ether oxygens (including phenoxy) is 2. The Morgan fingerprint density at radius 3 is 2.67 bits per heavy atom. The van der Waals surface area contributed by atoms with Crippen LogP contribution in [0.4, 0.5) is 0 Å². The molecule has 0 fully saturated rings. The van der Waals surface area contributed by atoms with Crippen LogP contribution >= 0.6 is 0 Å². The second kappa shape index (κ2) is 6.26. The molecule has 2 rings (SSSR count). The van der Waals surface area contributed by atoms with Gasteiger partial charge in [0.05, 0.1) is 7.11 Å². The third kappa shape index (κ3) is 3.51. The van der Waals surface area contributed by atoms with Gasteiger partial charge in [-0.25, -0.2) is 4.79 Å². The lowest BCUT2D eigenvalue weighted by Gasteiger charge is -2.14. The lowest BCUT2D eigenvalue weighted by atomic mass is 10.1. The van der Waals surface area contributed by atoms with Crippen LogP contribution < -0.4 is 10.3 Å². The first kappa shape index (κ1) is 14.8. The van der Waals surface area contributed by atoms with Gasteiger partial charge in [-0.1, -0.05) is 12.1 Å². The number of aryl methyl sites for hydroxylation is 1. The summed E-state index contributed by atoms with van der Waals surface area (Å²) >= 11 is 0. The fourth-order valence-electron chi connectivity index (χ4n) is 1.92. The second-order valence-electron chi connectivity index (χ2n) is 4.71. The Morgan fingerprint density at radius 2 is 2.00 bits per heavy atom. The molecule has 5 nitrogen and oxygen atoms in total. The molecule has 0 bridgehead atoms. The number of benzene rings is 1. The molecule has 0 saturated carbocycles. The van der Waals surface area contributed by atoms with Crippen LogP contribution in [0.15, 0.2) is 41.2 Å². The van der Waals surface area contributed by atoms with Crippen molar-refractivity contribution in [2.75, 3.05) is 7.11 Å². The first-order chi connectivity index (χ1) is 10.0. The Hall–Kier alpha value is -2.56. The highest BCUT2D eigenvalue weighted by atomic mass is 16.5. The van der Waals surface area contributed by atoms with Gasteiger partial charge in [-0.05, 0) is 43.7 Å². The molecule has 21 heavy (non-hydrogen) atoms.